The summed E-state index contributed by atoms with van der Waals surface area (Å²) >= 11 is 0. The van der Waals surface area contributed by atoms with Gasteiger partial charge in [-0.1, -0.05) is 0 Å². The van der Waals surface area contributed by atoms with Crippen LogP contribution in [0.3, 0.4) is 0 Å². The van der Waals surface area contributed by atoms with E-state index in [1.165, 1.54) is 36.1 Å². The minimum Gasteiger partial charge on any atom is -0.261 e. The molecular formula is C10H13N. The Balaban J connectivity index is 2.64. The highest BCUT2D eigenvalue weighted by molar-refractivity contribution is 5.38. The van der Waals surface area contributed by atoms with Gasteiger partial charge in [0.1, 0.15) is 0 Å². The molecule has 2 rings (SSSR count). The fourth-order valence-electron chi connectivity index (χ4n) is 1.93. The monoisotopic (exact) mass is 147 g/mol. The minimum absolute atomic E-state index is 1.24. The van der Waals surface area contributed by atoms with Crippen LogP contribution in [0.15, 0.2) is 6.20 Å². The summed E-state index contributed by atoms with van der Waals surface area (Å²) in [4.78, 5) is 4.35. The van der Waals surface area contributed by atoms with E-state index in [9.17, 15) is 0 Å². The maximum Gasteiger partial charge on any atom is 0.0407 e. The zero-order chi connectivity index (χ0) is 7.84. The molecule has 0 saturated carbocycles. The van der Waals surface area contributed by atoms with E-state index in [4.69, 9.17) is 0 Å². The van der Waals surface area contributed by atoms with Gasteiger partial charge in [0.15, 0.2) is 0 Å². The summed E-state index contributed by atoms with van der Waals surface area (Å²) in [5.41, 5.74) is 5.70. The zero-order valence-electron chi connectivity index (χ0n) is 7.15. The van der Waals surface area contributed by atoms with Crippen molar-refractivity contribution in [2.45, 2.75) is 33.1 Å². The first-order valence-corrected chi connectivity index (χ1v) is 4.23. The number of hydrogen-bond acceptors (Lipinski definition) is 1. The van der Waals surface area contributed by atoms with Crippen LogP contribution < -0.4 is 0 Å². The van der Waals surface area contributed by atoms with E-state index in [1.807, 2.05) is 6.20 Å². The molecule has 1 aromatic heterocycles. The molecule has 0 aliphatic heterocycles. The molecule has 0 fully saturated rings. The van der Waals surface area contributed by atoms with E-state index in [0.717, 1.165) is 0 Å². The van der Waals surface area contributed by atoms with Gasteiger partial charge >= 0.3 is 0 Å². The number of fused-ring (bicyclic) bond motifs is 1. The van der Waals surface area contributed by atoms with Gasteiger partial charge in [-0.25, -0.2) is 0 Å². The standard InChI is InChI=1S/C10H13N/c1-7-6-11-8(2)10-5-3-4-9(7)10/h6H,3-5H2,1-2H3. The average Bonchev–Trinajstić information content (AvgIpc) is 2.45. The molecule has 0 saturated heterocycles. The lowest BCUT2D eigenvalue weighted by Gasteiger charge is -2.04. The number of pyridine rings is 1. The first-order chi connectivity index (χ1) is 5.29. The van der Waals surface area contributed by atoms with Gasteiger partial charge in [0.25, 0.3) is 0 Å². The highest BCUT2D eigenvalue weighted by Gasteiger charge is 2.15. The second-order valence-corrected chi connectivity index (χ2v) is 3.34. The van der Waals surface area contributed by atoms with Crippen molar-refractivity contribution in [1.29, 1.82) is 0 Å². The summed E-state index contributed by atoms with van der Waals surface area (Å²) in [6.07, 6.45) is 5.84. The quantitative estimate of drug-likeness (QED) is 0.548. The summed E-state index contributed by atoms with van der Waals surface area (Å²) in [5, 5.41) is 0. The number of rotatable bonds is 0. The lowest BCUT2D eigenvalue weighted by Crippen LogP contribution is -1.94. The van der Waals surface area contributed by atoms with Crippen molar-refractivity contribution in [3.05, 3.63) is 28.6 Å². The van der Waals surface area contributed by atoms with Gasteiger partial charge in [-0.15, -0.1) is 0 Å². The average molecular weight is 147 g/mol. The van der Waals surface area contributed by atoms with Crippen LogP contribution in [0.25, 0.3) is 0 Å². The highest BCUT2D eigenvalue weighted by atomic mass is 14.7. The van der Waals surface area contributed by atoms with Crippen LogP contribution in [0.4, 0.5) is 0 Å². The highest BCUT2D eigenvalue weighted by Crippen LogP contribution is 2.25. The molecule has 58 valence electrons. The molecule has 1 aliphatic rings. The van der Waals surface area contributed by atoms with Crippen LogP contribution in [0, 0.1) is 13.8 Å². The van der Waals surface area contributed by atoms with E-state index >= 15 is 0 Å². The van der Waals surface area contributed by atoms with Crippen molar-refractivity contribution < 1.29 is 0 Å². The molecule has 0 atom stereocenters. The summed E-state index contributed by atoms with van der Waals surface area (Å²) in [5.74, 6) is 0. The SMILES string of the molecule is Cc1cnc(C)c2c1CCC2. The molecule has 1 heteroatoms. The van der Waals surface area contributed by atoms with Crippen LogP contribution in [0.5, 0.6) is 0 Å². The fourth-order valence-corrected chi connectivity index (χ4v) is 1.93. The largest absolute Gasteiger partial charge is 0.261 e. The Morgan fingerprint density at radius 2 is 1.91 bits per heavy atom. The number of aryl methyl sites for hydroxylation is 2. The number of hydrogen-bond donors (Lipinski definition) is 0. The van der Waals surface area contributed by atoms with E-state index in [2.05, 4.69) is 18.8 Å². The normalized spacial score (nSPS) is 15.1. The van der Waals surface area contributed by atoms with Gasteiger partial charge in [0, 0.05) is 11.9 Å². The lowest BCUT2D eigenvalue weighted by atomic mass is 10.1. The van der Waals surface area contributed by atoms with Gasteiger partial charge in [-0.05, 0) is 49.8 Å². The fraction of sp³-hybridized carbons (Fsp3) is 0.500. The first-order valence-electron chi connectivity index (χ1n) is 4.23. The topological polar surface area (TPSA) is 12.9 Å². The van der Waals surface area contributed by atoms with Gasteiger partial charge in [0.2, 0.25) is 0 Å². The summed E-state index contributed by atoms with van der Waals surface area (Å²) in [6, 6.07) is 0. The van der Waals surface area contributed by atoms with Crippen LogP contribution >= 0.6 is 0 Å². The molecule has 1 aromatic rings. The molecule has 0 amide bonds. The van der Waals surface area contributed by atoms with Gasteiger partial charge in [-0.3, -0.25) is 4.98 Å². The van der Waals surface area contributed by atoms with Crippen LogP contribution in [0.2, 0.25) is 0 Å². The number of aromatic nitrogens is 1. The second-order valence-electron chi connectivity index (χ2n) is 3.34. The van der Waals surface area contributed by atoms with Crippen molar-refractivity contribution in [2.24, 2.45) is 0 Å². The summed E-state index contributed by atoms with van der Waals surface area (Å²) < 4.78 is 0. The van der Waals surface area contributed by atoms with Crippen molar-refractivity contribution >= 4 is 0 Å². The van der Waals surface area contributed by atoms with E-state index in [0.29, 0.717) is 0 Å². The third kappa shape index (κ3) is 0.953. The van der Waals surface area contributed by atoms with Crippen LogP contribution in [-0.4, -0.2) is 4.98 Å². The smallest absolute Gasteiger partial charge is 0.0407 e. The Morgan fingerprint density at radius 3 is 2.64 bits per heavy atom. The molecule has 1 nitrogen and oxygen atoms in total. The van der Waals surface area contributed by atoms with Gasteiger partial charge in [-0.2, -0.15) is 0 Å². The Morgan fingerprint density at radius 1 is 1.18 bits per heavy atom. The van der Waals surface area contributed by atoms with E-state index < -0.39 is 0 Å². The van der Waals surface area contributed by atoms with E-state index in [-0.39, 0.29) is 0 Å². The Kier molecular flexibility index (Phi) is 1.45. The summed E-state index contributed by atoms with van der Waals surface area (Å²) in [6.45, 7) is 4.28. The molecule has 0 aromatic carbocycles. The molecule has 11 heavy (non-hydrogen) atoms. The zero-order valence-corrected chi connectivity index (χ0v) is 7.15. The molecule has 0 radical (unpaired) electrons. The molecule has 0 bridgehead atoms. The van der Waals surface area contributed by atoms with Gasteiger partial charge < -0.3 is 0 Å². The van der Waals surface area contributed by atoms with Crippen LogP contribution in [-0.2, 0) is 12.8 Å². The molecule has 0 N–H and O–H groups in total. The Labute approximate surface area is 67.5 Å². The lowest BCUT2D eigenvalue weighted by molar-refractivity contribution is 0.906. The van der Waals surface area contributed by atoms with Crippen molar-refractivity contribution in [3.63, 3.8) is 0 Å². The molecule has 1 aliphatic carbocycles. The predicted molar refractivity (Wildman–Crippen MR) is 45.7 cm³/mol. The molecule has 0 spiro atoms. The van der Waals surface area contributed by atoms with Crippen molar-refractivity contribution in [1.82, 2.24) is 4.98 Å². The predicted octanol–water partition coefficient (Wildman–Crippen LogP) is 2.19. The van der Waals surface area contributed by atoms with Crippen molar-refractivity contribution in [3.8, 4) is 0 Å². The third-order valence-corrected chi connectivity index (χ3v) is 2.58. The Hall–Kier alpha value is -0.850. The number of nitrogens with zero attached hydrogens (tertiary/aromatic N) is 1. The van der Waals surface area contributed by atoms with Crippen molar-refractivity contribution in [2.75, 3.05) is 0 Å². The second kappa shape index (κ2) is 2.33. The minimum atomic E-state index is 1.24. The molecule has 1 heterocycles. The molecular weight excluding hydrogens is 134 g/mol. The van der Waals surface area contributed by atoms with E-state index in [1.54, 1.807) is 5.56 Å². The summed E-state index contributed by atoms with van der Waals surface area (Å²) in [7, 11) is 0. The third-order valence-electron chi connectivity index (χ3n) is 2.58. The maximum absolute atomic E-state index is 4.35. The Bertz CT molecular complexity index is 260. The van der Waals surface area contributed by atoms with Gasteiger partial charge in [0.05, 0.1) is 0 Å². The van der Waals surface area contributed by atoms with Crippen LogP contribution in [0.1, 0.15) is 28.8 Å². The first kappa shape index (κ1) is 6.84. The maximum atomic E-state index is 4.35. The molecule has 0 unspecified atom stereocenters.